The lowest BCUT2D eigenvalue weighted by Crippen LogP contribution is -2.47. The zero-order chi connectivity index (χ0) is 14.7. The molecule has 3 heteroatoms. The molecule has 1 heterocycles. The van der Waals surface area contributed by atoms with Crippen molar-refractivity contribution in [3.63, 3.8) is 0 Å². The number of halogens is 1. The Kier molecular flexibility index (Phi) is 4.79. The average Bonchev–Trinajstić information content (AvgIpc) is 2.52. The molecule has 1 aromatic carbocycles. The topological polar surface area (TPSA) is 15.3 Å². The predicted molar refractivity (Wildman–Crippen MR) is 86.1 cm³/mol. The molecule has 2 atom stereocenters. The standard InChI is InChI=1S/C18H27FN2/c1-2-20-13-15-8-5-10-16(19)18(15)21-12-6-9-14-7-3-4-11-17(14)21/h5,8,10,14,17,20H,2-4,6-7,9,11-13H2,1H3/t14-,17-/m1/s1. The fraction of sp³-hybridized carbons (Fsp3) is 0.667. The SMILES string of the molecule is CCNCc1cccc(F)c1N1CCC[C@H]2CCCC[C@H]21. The van der Waals surface area contributed by atoms with Crippen LogP contribution in [0.5, 0.6) is 0 Å². The molecule has 1 aliphatic heterocycles. The Morgan fingerprint density at radius 2 is 2.00 bits per heavy atom. The highest BCUT2D eigenvalue weighted by Gasteiger charge is 2.35. The Hall–Kier alpha value is -1.09. The van der Waals surface area contributed by atoms with Gasteiger partial charge in [0.15, 0.2) is 0 Å². The predicted octanol–water partition coefficient (Wildman–Crippen LogP) is 4.09. The molecule has 1 saturated carbocycles. The maximum absolute atomic E-state index is 14.6. The van der Waals surface area contributed by atoms with Gasteiger partial charge in [0, 0.05) is 19.1 Å². The largest absolute Gasteiger partial charge is 0.366 e. The van der Waals surface area contributed by atoms with Gasteiger partial charge in [-0.15, -0.1) is 0 Å². The van der Waals surface area contributed by atoms with Crippen molar-refractivity contribution in [2.75, 3.05) is 18.0 Å². The summed E-state index contributed by atoms with van der Waals surface area (Å²) in [7, 11) is 0. The molecule has 1 aromatic rings. The van der Waals surface area contributed by atoms with Gasteiger partial charge in [-0.2, -0.15) is 0 Å². The Balaban J connectivity index is 1.90. The third-order valence-electron chi connectivity index (χ3n) is 5.17. The first-order valence-electron chi connectivity index (χ1n) is 8.56. The van der Waals surface area contributed by atoms with E-state index in [1.165, 1.54) is 38.5 Å². The molecule has 21 heavy (non-hydrogen) atoms. The summed E-state index contributed by atoms with van der Waals surface area (Å²) in [5.41, 5.74) is 1.98. The molecule has 1 N–H and O–H groups in total. The fourth-order valence-corrected chi connectivity index (χ4v) is 4.19. The molecule has 116 valence electrons. The van der Waals surface area contributed by atoms with E-state index < -0.39 is 0 Å². The first-order valence-corrected chi connectivity index (χ1v) is 8.56. The average molecular weight is 290 g/mol. The second-order valence-electron chi connectivity index (χ2n) is 6.48. The van der Waals surface area contributed by atoms with Gasteiger partial charge in [-0.1, -0.05) is 31.9 Å². The number of nitrogens with zero attached hydrogens (tertiary/aromatic N) is 1. The molecule has 1 aliphatic carbocycles. The van der Waals surface area contributed by atoms with E-state index in [1.807, 2.05) is 6.07 Å². The lowest BCUT2D eigenvalue weighted by atomic mass is 9.78. The summed E-state index contributed by atoms with van der Waals surface area (Å²) in [6.45, 7) is 4.79. The Bertz CT molecular complexity index is 472. The Labute approximate surface area is 127 Å². The number of hydrogen-bond acceptors (Lipinski definition) is 2. The normalized spacial score (nSPS) is 25.7. The number of rotatable bonds is 4. The van der Waals surface area contributed by atoms with Gasteiger partial charge in [-0.05, 0) is 49.8 Å². The second-order valence-corrected chi connectivity index (χ2v) is 6.48. The van der Waals surface area contributed by atoms with Crippen LogP contribution in [-0.4, -0.2) is 19.1 Å². The molecule has 0 spiro atoms. The van der Waals surface area contributed by atoms with Crippen LogP contribution in [0.3, 0.4) is 0 Å². The Morgan fingerprint density at radius 3 is 2.86 bits per heavy atom. The van der Waals surface area contributed by atoms with Gasteiger partial charge in [0.2, 0.25) is 0 Å². The highest BCUT2D eigenvalue weighted by atomic mass is 19.1. The van der Waals surface area contributed by atoms with Crippen LogP contribution in [0.2, 0.25) is 0 Å². The third-order valence-corrected chi connectivity index (χ3v) is 5.17. The monoisotopic (exact) mass is 290 g/mol. The van der Waals surface area contributed by atoms with E-state index in [2.05, 4.69) is 23.2 Å². The lowest BCUT2D eigenvalue weighted by Gasteiger charge is -2.46. The van der Waals surface area contributed by atoms with E-state index in [9.17, 15) is 4.39 Å². The molecule has 0 bridgehead atoms. The number of benzene rings is 1. The van der Waals surface area contributed by atoms with Crippen molar-refractivity contribution >= 4 is 5.69 Å². The van der Waals surface area contributed by atoms with E-state index in [-0.39, 0.29) is 5.82 Å². The van der Waals surface area contributed by atoms with Crippen LogP contribution in [0.15, 0.2) is 18.2 Å². The molecule has 3 rings (SSSR count). The van der Waals surface area contributed by atoms with E-state index in [1.54, 1.807) is 6.07 Å². The zero-order valence-electron chi connectivity index (χ0n) is 13.1. The van der Waals surface area contributed by atoms with Crippen molar-refractivity contribution in [2.24, 2.45) is 5.92 Å². The maximum atomic E-state index is 14.6. The van der Waals surface area contributed by atoms with Crippen LogP contribution < -0.4 is 10.2 Å². The van der Waals surface area contributed by atoms with E-state index in [4.69, 9.17) is 0 Å². The molecule has 0 amide bonds. The number of fused-ring (bicyclic) bond motifs is 1. The van der Waals surface area contributed by atoms with E-state index in [0.717, 1.165) is 36.8 Å². The molecule has 2 fully saturated rings. The van der Waals surface area contributed by atoms with Gasteiger partial charge >= 0.3 is 0 Å². The summed E-state index contributed by atoms with van der Waals surface area (Å²) in [6.07, 6.45) is 7.76. The Morgan fingerprint density at radius 1 is 1.19 bits per heavy atom. The molecule has 0 aromatic heterocycles. The minimum atomic E-state index is -0.0448. The summed E-state index contributed by atoms with van der Waals surface area (Å²) in [6, 6.07) is 6.10. The number of piperidine rings is 1. The third kappa shape index (κ3) is 3.08. The molecule has 0 radical (unpaired) electrons. The second kappa shape index (κ2) is 6.78. The minimum Gasteiger partial charge on any atom is -0.366 e. The summed E-state index contributed by atoms with van der Waals surface area (Å²) < 4.78 is 14.6. The molecule has 2 aliphatic rings. The fourth-order valence-electron chi connectivity index (χ4n) is 4.19. The summed E-state index contributed by atoms with van der Waals surface area (Å²) in [5, 5.41) is 3.35. The number of para-hydroxylation sites is 1. The number of anilines is 1. The van der Waals surface area contributed by atoms with Gasteiger partial charge < -0.3 is 10.2 Å². The van der Waals surface area contributed by atoms with Crippen molar-refractivity contribution in [3.8, 4) is 0 Å². The summed E-state index contributed by atoms with van der Waals surface area (Å²) in [4.78, 5) is 2.40. The van der Waals surface area contributed by atoms with E-state index in [0.29, 0.717) is 6.04 Å². The van der Waals surface area contributed by atoms with Gasteiger partial charge in [-0.25, -0.2) is 4.39 Å². The van der Waals surface area contributed by atoms with Crippen molar-refractivity contribution in [3.05, 3.63) is 29.6 Å². The van der Waals surface area contributed by atoms with Crippen molar-refractivity contribution in [1.82, 2.24) is 5.32 Å². The molecular weight excluding hydrogens is 263 g/mol. The van der Waals surface area contributed by atoms with Crippen LogP contribution in [0.4, 0.5) is 10.1 Å². The van der Waals surface area contributed by atoms with Crippen LogP contribution in [0, 0.1) is 11.7 Å². The highest BCUT2D eigenvalue weighted by molar-refractivity contribution is 5.56. The van der Waals surface area contributed by atoms with Crippen LogP contribution in [0.25, 0.3) is 0 Å². The van der Waals surface area contributed by atoms with Gasteiger partial charge in [0.05, 0.1) is 5.69 Å². The highest BCUT2D eigenvalue weighted by Crippen LogP contribution is 2.39. The van der Waals surface area contributed by atoms with Crippen molar-refractivity contribution in [1.29, 1.82) is 0 Å². The molecule has 2 nitrogen and oxygen atoms in total. The van der Waals surface area contributed by atoms with Gasteiger partial charge in [0.1, 0.15) is 5.82 Å². The minimum absolute atomic E-state index is 0.0448. The first kappa shape index (κ1) is 14.8. The number of hydrogen-bond donors (Lipinski definition) is 1. The quantitative estimate of drug-likeness (QED) is 0.898. The van der Waals surface area contributed by atoms with E-state index >= 15 is 0 Å². The smallest absolute Gasteiger partial charge is 0.146 e. The zero-order valence-corrected chi connectivity index (χ0v) is 13.1. The van der Waals surface area contributed by atoms with Gasteiger partial charge in [0.25, 0.3) is 0 Å². The van der Waals surface area contributed by atoms with Crippen molar-refractivity contribution < 1.29 is 4.39 Å². The van der Waals surface area contributed by atoms with Gasteiger partial charge in [-0.3, -0.25) is 0 Å². The molecular formula is C18H27FN2. The number of nitrogens with one attached hydrogen (secondary N) is 1. The molecule has 1 saturated heterocycles. The summed E-state index contributed by atoms with van der Waals surface area (Å²) in [5.74, 6) is 0.732. The van der Waals surface area contributed by atoms with Crippen LogP contribution >= 0.6 is 0 Å². The summed E-state index contributed by atoms with van der Waals surface area (Å²) >= 11 is 0. The lowest BCUT2D eigenvalue weighted by molar-refractivity contribution is 0.242. The molecule has 0 unspecified atom stereocenters. The maximum Gasteiger partial charge on any atom is 0.146 e. The first-order chi connectivity index (χ1) is 10.3. The van der Waals surface area contributed by atoms with Crippen LogP contribution in [-0.2, 0) is 6.54 Å². The van der Waals surface area contributed by atoms with Crippen LogP contribution in [0.1, 0.15) is 51.0 Å². The van der Waals surface area contributed by atoms with Crippen molar-refractivity contribution in [2.45, 2.75) is 58.0 Å².